The van der Waals surface area contributed by atoms with E-state index in [1.54, 1.807) is 6.92 Å². The Morgan fingerprint density at radius 2 is 2.33 bits per heavy atom. The van der Waals surface area contributed by atoms with Crippen molar-refractivity contribution in [3.63, 3.8) is 0 Å². The van der Waals surface area contributed by atoms with Gasteiger partial charge in [0.25, 0.3) is 0 Å². The molecule has 66 valence electrons. The third kappa shape index (κ3) is 1.76. The highest BCUT2D eigenvalue weighted by atomic mass is 16.5. The van der Waals surface area contributed by atoms with Crippen LogP contribution in [0.4, 0.5) is 0 Å². The number of ether oxygens (including phenoxy) is 1. The van der Waals surface area contributed by atoms with Crippen LogP contribution in [0.2, 0.25) is 0 Å². The lowest BCUT2D eigenvalue weighted by molar-refractivity contribution is -0.113. The number of hydrogen-bond donors (Lipinski definition) is 0. The van der Waals surface area contributed by atoms with Crippen molar-refractivity contribution in [2.24, 2.45) is 0 Å². The first kappa shape index (κ1) is 9.04. The predicted octanol–water partition coefficient (Wildman–Crippen LogP) is 2.21. The lowest BCUT2D eigenvalue weighted by atomic mass is 10.1. The Morgan fingerprint density at radius 3 is 2.75 bits per heavy atom. The van der Waals surface area contributed by atoms with Crippen LogP contribution in [0.5, 0.6) is 0 Å². The topological polar surface area (TPSA) is 26.3 Å². The first-order valence-electron chi connectivity index (χ1n) is 4.15. The van der Waals surface area contributed by atoms with Crippen LogP contribution in [0.25, 0.3) is 0 Å². The molecule has 2 nitrogen and oxygen atoms in total. The molecule has 1 aliphatic heterocycles. The van der Waals surface area contributed by atoms with Crippen LogP contribution in [-0.2, 0) is 9.53 Å². The van der Waals surface area contributed by atoms with Crippen molar-refractivity contribution in [1.82, 2.24) is 0 Å². The molecule has 0 aromatic carbocycles. The third-order valence-electron chi connectivity index (χ3n) is 1.99. The number of carbonyl (C=O) groups is 1. The Morgan fingerprint density at radius 1 is 1.67 bits per heavy atom. The zero-order valence-electron chi connectivity index (χ0n) is 7.76. The van der Waals surface area contributed by atoms with Crippen LogP contribution in [0.1, 0.15) is 27.2 Å². The Labute approximate surface area is 72.9 Å². The molecular formula is C10H14O2. The van der Waals surface area contributed by atoms with E-state index >= 15 is 0 Å². The molecule has 1 heterocycles. The Hall–Kier alpha value is -1.05. The number of carbonyl (C=O) groups excluding carboxylic acids is 1. The maximum atomic E-state index is 11.0. The van der Waals surface area contributed by atoms with Gasteiger partial charge >= 0.3 is 0 Å². The van der Waals surface area contributed by atoms with Gasteiger partial charge in [0.2, 0.25) is 0 Å². The van der Waals surface area contributed by atoms with E-state index in [1.165, 1.54) is 0 Å². The second-order valence-corrected chi connectivity index (χ2v) is 2.98. The van der Waals surface area contributed by atoms with Crippen molar-refractivity contribution >= 4 is 5.78 Å². The van der Waals surface area contributed by atoms with E-state index in [4.69, 9.17) is 4.74 Å². The van der Waals surface area contributed by atoms with Crippen molar-refractivity contribution in [2.75, 3.05) is 0 Å². The minimum absolute atomic E-state index is 0.0777. The summed E-state index contributed by atoms with van der Waals surface area (Å²) in [5, 5.41) is 0. The molecule has 0 aliphatic carbocycles. The molecule has 0 unspecified atom stereocenters. The van der Waals surface area contributed by atoms with Crippen molar-refractivity contribution in [1.29, 1.82) is 0 Å². The Bertz CT molecular complexity index is 249. The van der Waals surface area contributed by atoms with Gasteiger partial charge in [-0.1, -0.05) is 6.08 Å². The largest absolute Gasteiger partial charge is 0.490 e. The van der Waals surface area contributed by atoms with E-state index in [1.807, 2.05) is 26.0 Å². The fourth-order valence-corrected chi connectivity index (χ4v) is 1.40. The van der Waals surface area contributed by atoms with E-state index in [-0.39, 0.29) is 11.9 Å². The van der Waals surface area contributed by atoms with Crippen LogP contribution >= 0.6 is 0 Å². The second-order valence-electron chi connectivity index (χ2n) is 2.98. The molecule has 0 saturated heterocycles. The summed E-state index contributed by atoms with van der Waals surface area (Å²) in [7, 11) is 0. The third-order valence-corrected chi connectivity index (χ3v) is 1.99. The molecule has 0 fully saturated rings. The zero-order chi connectivity index (χ0) is 9.14. The van der Waals surface area contributed by atoms with Gasteiger partial charge in [0, 0.05) is 12.0 Å². The molecule has 0 N–H and O–H groups in total. The fraction of sp³-hybridized carbons (Fsp3) is 0.500. The summed E-state index contributed by atoms with van der Waals surface area (Å²) in [6.45, 7) is 5.38. The summed E-state index contributed by atoms with van der Waals surface area (Å²) in [6, 6.07) is 0. The molecule has 1 rings (SSSR count). The number of allylic oxidation sites excluding steroid dienone is 2. The lowest BCUT2D eigenvalue weighted by Gasteiger charge is -2.04. The van der Waals surface area contributed by atoms with Gasteiger partial charge in [-0.25, -0.2) is 0 Å². The molecule has 12 heavy (non-hydrogen) atoms. The molecule has 0 bridgehead atoms. The summed E-state index contributed by atoms with van der Waals surface area (Å²) in [6.07, 6.45) is 4.72. The molecule has 2 heteroatoms. The van der Waals surface area contributed by atoms with Gasteiger partial charge in [-0.15, -0.1) is 0 Å². The average molecular weight is 166 g/mol. The van der Waals surface area contributed by atoms with Gasteiger partial charge in [-0.3, -0.25) is 4.79 Å². The van der Waals surface area contributed by atoms with Gasteiger partial charge < -0.3 is 4.74 Å². The Balaban J connectivity index is 2.68. The van der Waals surface area contributed by atoms with Crippen molar-refractivity contribution < 1.29 is 9.53 Å². The molecular weight excluding hydrogens is 152 g/mol. The van der Waals surface area contributed by atoms with Gasteiger partial charge in [0.05, 0.1) is 0 Å². The number of rotatable bonds is 2. The first-order valence-corrected chi connectivity index (χ1v) is 4.15. The first-order chi connectivity index (χ1) is 5.65. The number of ketones is 1. The summed E-state index contributed by atoms with van der Waals surface area (Å²) >= 11 is 0. The quantitative estimate of drug-likeness (QED) is 0.588. The summed E-state index contributed by atoms with van der Waals surface area (Å²) in [5.74, 6) is 0.908. The second kappa shape index (κ2) is 3.57. The molecule has 0 saturated carbocycles. The molecule has 0 aromatic heterocycles. The number of hydrogen-bond acceptors (Lipinski definition) is 2. The average Bonchev–Trinajstić information content (AvgIpc) is 2.32. The fourth-order valence-electron chi connectivity index (χ4n) is 1.40. The van der Waals surface area contributed by atoms with Crippen LogP contribution in [0.15, 0.2) is 23.5 Å². The number of Topliss-reactive ketones (excluding diaryl/α,β-unsaturated/α-hetero) is 1. The van der Waals surface area contributed by atoms with E-state index in [0.29, 0.717) is 0 Å². The van der Waals surface area contributed by atoms with E-state index in [9.17, 15) is 4.79 Å². The van der Waals surface area contributed by atoms with Gasteiger partial charge in [0.15, 0.2) is 5.78 Å². The Kier molecular flexibility index (Phi) is 2.69. The van der Waals surface area contributed by atoms with Crippen LogP contribution in [0.3, 0.4) is 0 Å². The van der Waals surface area contributed by atoms with E-state index in [2.05, 4.69) is 0 Å². The van der Waals surface area contributed by atoms with Gasteiger partial charge in [-0.05, 0) is 26.8 Å². The molecule has 0 radical (unpaired) electrons. The van der Waals surface area contributed by atoms with E-state index < -0.39 is 0 Å². The summed E-state index contributed by atoms with van der Waals surface area (Å²) < 4.78 is 5.45. The van der Waals surface area contributed by atoms with Crippen LogP contribution in [-0.4, -0.2) is 11.9 Å². The van der Waals surface area contributed by atoms with Gasteiger partial charge in [0.1, 0.15) is 11.9 Å². The highest BCUT2D eigenvalue weighted by molar-refractivity contribution is 5.94. The van der Waals surface area contributed by atoms with Crippen molar-refractivity contribution in [3.8, 4) is 0 Å². The normalized spacial score (nSPS) is 23.4. The SMILES string of the molecule is C/C=C/[C@@H]1CC(C(C)=O)=C(C)O1. The van der Waals surface area contributed by atoms with E-state index in [0.717, 1.165) is 17.8 Å². The predicted molar refractivity (Wildman–Crippen MR) is 47.7 cm³/mol. The summed E-state index contributed by atoms with van der Waals surface area (Å²) in [5.41, 5.74) is 0.832. The lowest BCUT2D eigenvalue weighted by Crippen LogP contribution is -2.02. The smallest absolute Gasteiger partial charge is 0.159 e. The molecule has 0 amide bonds. The van der Waals surface area contributed by atoms with Crippen LogP contribution in [0, 0.1) is 0 Å². The standard InChI is InChI=1S/C10H14O2/c1-4-5-9-6-10(7(2)11)8(3)12-9/h4-5,9H,6H2,1-3H3/b5-4+/t9-/m1/s1. The zero-order valence-corrected chi connectivity index (χ0v) is 7.76. The molecule has 1 atom stereocenters. The maximum Gasteiger partial charge on any atom is 0.159 e. The van der Waals surface area contributed by atoms with Crippen LogP contribution < -0.4 is 0 Å². The minimum Gasteiger partial charge on any atom is -0.490 e. The van der Waals surface area contributed by atoms with Crippen molar-refractivity contribution in [2.45, 2.75) is 33.3 Å². The molecule has 0 spiro atoms. The minimum atomic E-state index is 0.0777. The highest BCUT2D eigenvalue weighted by Crippen LogP contribution is 2.25. The maximum absolute atomic E-state index is 11.0. The monoisotopic (exact) mass is 166 g/mol. The highest BCUT2D eigenvalue weighted by Gasteiger charge is 2.23. The summed E-state index contributed by atoms with van der Waals surface area (Å²) in [4.78, 5) is 11.0. The van der Waals surface area contributed by atoms with Gasteiger partial charge in [-0.2, -0.15) is 0 Å². The molecule has 1 aliphatic rings. The van der Waals surface area contributed by atoms with Crippen molar-refractivity contribution in [3.05, 3.63) is 23.5 Å². The molecule has 0 aromatic rings.